The predicted molar refractivity (Wildman–Crippen MR) is 137 cm³/mol. The molecule has 6 atom stereocenters. The summed E-state index contributed by atoms with van der Waals surface area (Å²) in [6.07, 6.45) is -7.57. The first-order chi connectivity index (χ1) is 18.2. The first-order valence-corrected chi connectivity index (χ1v) is 12.5. The van der Waals surface area contributed by atoms with Crippen molar-refractivity contribution >= 4 is 11.6 Å². The number of aliphatic imine (C=N–C) groups is 1. The Hall–Kier alpha value is -3.11. The molecule has 0 radical (unpaired) electrons. The molecular formula is C27H33F3N4O4. The number of azide groups is 1. The smallest absolute Gasteiger partial charge is 0.441 e. The number of benzene rings is 2. The highest BCUT2D eigenvalue weighted by atomic mass is 19.4. The van der Waals surface area contributed by atoms with Crippen molar-refractivity contribution in [3.63, 3.8) is 0 Å². The van der Waals surface area contributed by atoms with Crippen LogP contribution in [0.1, 0.15) is 26.3 Å². The molecule has 0 N–H and O–H groups in total. The van der Waals surface area contributed by atoms with E-state index in [0.29, 0.717) is 6.61 Å². The Morgan fingerprint density at radius 1 is 1.05 bits per heavy atom. The second kappa shape index (κ2) is 14.2. The Labute approximate surface area is 220 Å². The van der Waals surface area contributed by atoms with Gasteiger partial charge in [0.15, 0.2) is 0 Å². The summed E-state index contributed by atoms with van der Waals surface area (Å²) in [6.45, 7) is 6.62. The summed E-state index contributed by atoms with van der Waals surface area (Å²) in [5, 5.41) is 3.53. The number of ether oxygens (including phenoxy) is 4. The van der Waals surface area contributed by atoms with Gasteiger partial charge in [-0.3, -0.25) is 0 Å². The normalized spacial score (nSPS) is 24.9. The Balaban J connectivity index is 1.80. The van der Waals surface area contributed by atoms with Crippen molar-refractivity contribution in [2.75, 3.05) is 19.8 Å². The van der Waals surface area contributed by atoms with Crippen molar-refractivity contribution in [3.05, 3.63) is 76.7 Å². The van der Waals surface area contributed by atoms with Crippen molar-refractivity contribution in [2.45, 2.75) is 52.1 Å². The van der Waals surface area contributed by atoms with Gasteiger partial charge in [-0.15, -0.1) is 0 Å². The van der Waals surface area contributed by atoms with Crippen LogP contribution in [0.15, 0.2) is 70.8 Å². The lowest BCUT2D eigenvalue weighted by atomic mass is 9.83. The summed E-state index contributed by atoms with van der Waals surface area (Å²) in [6, 6.07) is 17.1. The van der Waals surface area contributed by atoms with Crippen LogP contribution in [-0.2, 0) is 25.6 Å². The minimum absolute atomic E-state index is 0.0222. The maximum atomic E-state index is 14.0. The minimum atomic E-state index is -4.85. The molecule has 1 heterocycles. The summed E-state index contributed by atoms with van der Waals surface area (Å²) in [5.74, 6) is -1.76. The molecule has 1 saturated heterocycles. The van der Waals surface area contributed by atoms with Gasteiger partial charge in [0, 0.05) is 18.1 Å². The number of rotatable bonds is 11. The molecule has 8 nitrogen and oxygen atoms in total. The first-order valence-electron chi connectivity index (χ1n) is 12.5. The van der Waals surface area contributed by atoms with Crippen molar-refractivity contribution in [3.8, 4) is 0 Å². The van der Waals surface area contributed by atoms with E-state index < -0.39 is 30.6 Å². The fourth-order valence-electron chi connectivity index (χ4n) is 4.04. The summed E-state index contributed by atoms with van der Waals surface area (Å²) < 4.78 is 65.4. The molecule has 2 aromatic carbocycles. The van der Waals surface area contributed by atoms with Gasteiger partial charge in [-0.2, -0.15) is 13.2 Å². The average molecular weight is 535 g/mol. The highest BCUT2D eigenvalue weighted by Gasteiger charge is 2.48. The third kappa shape index (κ3) is 8.73. The summed E-state index contributed by atoms with van der Waals surface area (Å²) in [4.78, 5) is 6.46. The molecule has 38 heavy (non-hydrogen) atoms. The zero-order chi connectivity index (χ0) is 27.5. The molecule has 0 amide bonds. The molecule has 1 aliphatic rings. The van der Waals surface area contributed by atoms with E-state index in [0.717, 1.165) is 5.56 Å². The van der Waals surface area contributed by atoms with E-state index in [1.807, 2.05) is 51.1 Å². The van der Waals surface area contributed by atoms with Gasteiger partial charge in [0.05, 0.1) is 25.0 Å². The number of nitrogens with zero attached hydrogens (tertiary/aromatic N) is 4. The first kappa shape index (κ1) is 29.4. The molecule has 1 fully saturated rings. The van der Waals surface area contributed by atoms with Gasteiger partial charge in [-0.25, -0.2) is 4.99 Å². The summed E-state index contributed by atoms with van der Waals surface area (Å²) in [5.41, 5.74) is 9.46. The monoisotopic (exact) mass is 534 g/mol. The van der Waals surface area contributed by atoms with Crippen LogP contribution in [-0.4, -0.2) is 50.3 Å². The van der Waals surface area contributed by atoms with Crippen molar-refractivity contribution < 1.29 is 32.1 Å². The molecule has 0 spiro atoms. The van der Waals surface area contributed by atoms with Crippen LogP contribution < -0.4 is 0 Å². The molecule has 0 aromatic heterocycles. The topological polar surface area (TPSA) is 98.0 Å². The quantitative estimate of drug-likeness (QED) is 0.104. The number of hydrogen-bond acceptors (Lipinski definition) is 6. The predicted octanol–water partition coefficient (Wildman–Crippen LogP) is 6.84. The zero-order valence-electron chi connectivity index (χ0n) is 21.6. The van der Waals surface area contributed by atoms with Crippen LogP contribution in [0.2, 0.25) is 0 Å². The van der Waals surface area contributed by atoms with Gasteiger partial charge < -0.3 is 18.9 Å². The van der Waals surface area contributed by atoms with Crippen molar-refractivity contribution in [1.29, 1.82) is 0 Å². The van der Waals surface area contributed by atoms with Gasteiger partial charge >= 0.3 is 6.18 Å². The van der Waals surface area contributed by atoms with E-state index in [2.05, 4.69) is 15.0 Å². The van der Waals surface area contributed by atoms with Gasteiger partial charge in [-0.05, 0) is 41.0 Å². The van der Waals surface area contributed by atoms with Crippen LogP contribution in [0.25, 0.3) is 10.4 Å². The molecule has 0 bridgehead atoms. The number of hydrogen-bond donors (Lipinski definition) is 0. The van der Waals surface area contributed by atoms with E-state index in [9.17, 15) is 13.2 Å². The standard InChI is InChI=1S/C27H33F3N4O4/c1-18(14-32-34-31)15-35-17-23-19(2)20(3)24(36-16-21-10-6-4-7-11-21)25(37-23)38-26(27(28,29)30)33-22-12-8-5-9-13-22/h4-13,18-20,23-25H,14-17H2,1-3H3/t18?,19-,20-,23?,24?,25-/m0/s1. The molecule has 3 unspecified atom stereocenters. The maximum absolute atomic E-state index is 14.0. The number of para-hydroxylation sites is 1. The molecule has 0 saturated carbocycles. The highest BCUT2D eigenvalue weighted by Crippen LogP contribution is 2.36. The zero-order valence-corrected chi connectivity index (χ0v) is 21.6. The average Bonchev–Trinajstić information content (AvgIpc) is 2.90. The van der Waals surface area contributed by atoms with Gasteiger partial charge in [0.2, 0.25) is 6.29 Å². The van der Waals surface area contributed by atoms with E-state index in [-0.39, 0.29) is 43.2 Å². The van der Waals surface area contributed by atoms with Crippen molar-refractivity contribution in [1.82, 2.24) is 0 Å². The largest absolute Gasteiger partial charge is 0.468 e. The van der Waals surface area contributed by atoms with E-state index in [1.165, 1.54) is 12.1 Å². The Morgan fingerprint density at radius 2 is 1.71 bits per heavy atom. The molecule has 206 valence electrons. The molecule has 0 aliphatic carbocycles. The van der Waals surface area contributed by atoms with E-state index in [1.54, 1.807) is 18.2 Å². The number of alkyl halides is 3. The molecular weight excluding hydrogens is 501 g/mol. The van der Waals surface area contributed by atoms with Gasteiger partial charge in [0.1, 0.15) is 6.10 Å². The van der Waals surface area contributed by atoms with Gasteiger partial charge in [0.25, 0.3) is 5.90 Å². The van der Waals surface area contributed by atoms with Gasteiger partial charge in [-0.1, -0.05) is 74.4 Å². The lowest BCUT2D eigenvalue weighted by molar-refractivity contribution is -0.271. The highest BCUT2D eigenvalue weighted by molar-refractivity contribution is 5.84. The maximum Gasteiger partial charge on any atom is 0.468 e. The van der Waals surface area contributed by atoms with E-state index in [4.69, 9.17) is 24.5 Å². The molecule has 3 rings (SSSR count). The number of halogens is 3. The van der Waals surface area contributed by atoms with Crippen LogP contribution in [0.4, 0.5) is 18.9 Å². The summed E-state index contributed by atoms with van der Waals surface area (Å²) in [7, 11) is 0. The second-order valence-corrected chi connectivity index (χ2v) is 9.45. The SMILES string of the molecule is CC(CN=[N+]=[N-])COCC1O[C@@H](OC(=Nc2ccccc2)C(F)(F)F)C(OCc2ccccc2)[C@@H](C)[C@@H]1C. The van der Waals surface area contributed by atoms with Crippen LogP contribution in [0.3, 0.4) is 0 Å². The van der Waals surface area contributed by atoms with Crippen LogP contribution in [0.5, 0.6) is 0 Å². The Kier molecular flexibility index (Phi) is 11.0. The molecule has 2 aromatic rings. The minimum Gasteiger partial charge on any atom is -0.441 e. The van der Waals surface area contributed by atoms with E-state index >= 15 is 0 Å². The lowest BCUT2D eigenvalue weighted by Crippen LogP contribution is -2.54. The lowest BCUT2D eigenvalue weighted by Gasteiger charge is -2.44. The second-order valence-electron chi connectivity index (χ2n) is 9.45. The summed E-state index contributed by atoms with van der Waals surface area (Å²) >= 11 is 0. The molecule has 1 aliphatic heterocycles. The third-order valence-corrected chi connectivity index (χ3v) is 6.39. The fraction of sp³-hybridized carbons (Fsp3) is 0.519. The van der Waals surface area contributed by atoms with Crippen LogP contribution in [0, 0.1) is 17.8 Å². The third-order valence-electron chi connectivity index (χ3n) is 6.39. The molecule has 11 heteroatoms. The van der Waals surface area contributed by atoms with Crippen LogP contribution >= 0.6 is 0 Å². The Bertz CT molecular complexity index is 1060. The van der Waals surface area contributed by atoms with Crippen molar-refractivity contribution in [2.24, 2.45) is 27.9 Å². The fourth-order valence-corrected chi connectivity index (χ4v) is 4.04. The Morgan fingerprint density at radius 3 is 2.34 bits per heavy atom.